The lowest BCUT2D eigenvalue weighted by molar-refractivity contribution is -0.114. The Balaban J connectivity index is 1.30. The van der Waals surface area contributed by atoms with Gasteiger partial charge in [0.25, 0.3) is 0 Å². The van der Waals surface area contributed by atoms with Crippen LogP contribution in [0.4, 0.5) is 27.9 Å². The zero-order chi connectivity index (χ0) is 28.7. The summed E-state index contributed by atoms with van der Waals surface area (Å²) in [4.78, 5) is 43.3. The minimum absolute atomic E-state index is 0.111. The van der Waals surface area contributed by atoms with Crippen molar-refractivity contribution in [3.05, 3.63) is 83.1 Å². The van der Waals surface area contributed by atoms with Gasteiger partial charge < -0.3 is 25.1 Å². The molecule has 3 aliphatic heterocycles. The first-order valence-corrected chi connectivity index (χ1v) is 14.0. The van der Waals surface area contributed by atoms with E-state index in [0.29, 0.717) is 31.3 Å². The van der Waals surface area contributed by atoms with E-state index in [1.807, 2.05) is 36.1 Å². The summed E-state index contributed by atoms with van der Waals surface area (Å²) in [7, 11) is 2.13. The molecule has 0 saturated heterocycles. The number of aromatic nitrogens is 2. The predicted molar refractivity (Wildman–Crippen MR) is 158 cm³/mol. The second-order valence-corrected chi connectivity index (χ2v) is 10.9. The molecule has 0 fully saturated rings. The fraction of sp³-hybridized carbons (Fsp3) is 0.355. The number of nitrogens with one attached hydrogen (secondary N) is 1. The van der Waals surface area contributed by atoms with Gasteiger partial charge in [0.15, 0.2) is 0 Å². The maximum Gasteiger partial charge on any atom is 0.326 e. The SMILES string of the molecule is C=CC(=O)N1CC[C@H](N2Cc3cnc(Nc4ccc5c(c4)CCN(C)C5)nc3N(CCO)C2=O)c2cccc(C)c21. The second kappa shape index (κ2) is 10.9. The number of para-hydroxylation sites is 1. The number of rotatable bonds is 6. The van der Waals surface area contributed by atoms with Gasteiger partial charge in [-0.1, -0.05) is 30.8 Å². The Hall–Kier alpha value is -4.28. The molecule has 1 atom stereocenters. The van der Waals surface area contributed by atoms with Gasteiger partial charge in [-0.25, -0.2) is 9.78 Å². The number of amides is 3. The normalized spacial score (nSPS) is 18.5. The summed E-state index contributed by atoms with van der Waals surface area (Å²) in [6.07, 6.45) is 4.66. The van der Waals surface area contributed by atoms with Crippen LogP contribution in [-0.2, 0) is 24.3 Å². The Kier molecular flexibility index (Phi) is 7.19. The molecule has 41 heavy (non-hydrogen) atoms. The van der Waals surface area contributed by atoms with Crippen LogP contribution in [0, 0.1) is 6.92 Å². The third kappa shape index (κ3) is 4.93. The predicted octanol–water partition coefficient (Wildman–Crippen LogP) is 3.91. The number of hydrogen-bond acceptors (Lipinski definition) is 7. The molecule has 0 saturated carbocycles. The van der Waals surface area contributed by atoms with Gasteiger partial charge in [-0.05, 0) is 67.3 Å². The number of likely N-dealkylation sites (N-methyl/N-ethyl adjacent to an activating group) is 1. The molecule has 0 aliphatic carbocycles. The van der Waals surface area contributed by atoms with Crippen LogP contribution >= 0.6 is 0 Å². The number of urea groups is 1. The monoisotopic (exact) mass is 553 g/mol. The van der Waals surface area contributed by atoms with E-state index in [0.717, 1.165) is 47.6 Å². The average molecular weight is 554 g/mol. The van der Waals surface area contributed by atoms with Gasteiger partial charge in [0, 0.05) is 37.1 Å². The molecule has 2 aromatic carbocycles. The van der Waals surface area contributed by atoms with Gasteiger partial charge in [0.05, 0.1) is 31.4 Å². The molecule has 10 nitrogen and oxygen atoms in total. The average Bonchev–Trinajstić information content (AvgIpc) is 2.98. The van der Waals surface area contributed by atoms with Crippen LogP contribution in [0.3, 0.4) is 0 Å². The molecule has 4 heterocycles. The molecular weight excluding hydrogens is 518 g/mol. The summed E-state index contributed by atoms with van der Waals surface area (Å²) in [6.45, 7) is 8.31. The summed E-state index contributed by atoms with van der Waals surface area (Å²) in [5, 5.41) is 13.2. The fourth-order valence-corrected chi connectivity index (χ4v) is 6.24. The summed E-state index contributed by atoms with van der Waals surface area (Å²) < 4.78 is 0. The van der Waals surface area contributed by atoms with Crippen LogP contribution in [-0.4, -0.2) is 70.1 Å². The molecule has 10 heteroatoms. The fourth-order valence-electron chi connectivity index (χ4n) is 6.24. The maximum absolute atomic E-state index is 14.0. The number of fused-ring (bicyclic) bond motifs is 3. The molecule has 0 unspecified atom stereocenters. The smallest absolute Gasteiger partial charge is 0.326 e. The van der Waals surface area contributed by atoms with Crippen molar-refractivity contribution in [2.45, 2.75) is 38.9 Å². The number of anilines is 4. The number of carbonyl (C=O) groups excluding carboxylic acids is 2. The lowest BCUT2D eigenvalue weighted by atomic mass is 9.91. The maximum atomic E-state index is 14.0. The number of benzene rings is 2. The lowest BCUT2D eigenvalue weighted by Crippen LogP contribution is -2.51. The Morgan fingerprint density at radius 3 is 2.83 bits per heavy atom. The van der Waals surface area contributed by atoms with E-state index in [1.54, 1.807) is 11.1 Å². The van der Waals surface area contributed by atoms with Gasteiger partial charge in [-0.15, -0.1) is 0 Å². The first-order chi connectivity index (χ1) is 19.9. The lowest BCUT2D eigenvalue weighted by Gasteiger charge is -2.44. The highest BCUT2D eigenvalue weighted by Crippen LogP contribution is 2.42. The van der Waals surface area contributed by atoms with E-state index in [9.17, 15) is 14.7 Å². The van der Waals surface area contributed by atoms with E-state index >= 15 is 0 Å². The Labute approximate surface area is 239 Å². The molecule has 0 bridgehead atoms. The standard InChI is InChI=1S/C31H35N7O3/c1-4-27(40)36-13-11-26(25-7-5-6-20(2)28(25)36)38-19-23-17-32-30(34-29(23)37(14-15-39)31(38)41)33-24-9-8-22-18-35(3)12-10-21(22)16-24/h4-9,16-17,26,39H,1,10-15,18-19H2,2-3H3,(H,32,33,34)/t26-/m0/s1. The third-order valence-corrected chi connectivity index (χ3v) is 8.24. The van der Waals surface area contributed by atoms with Crippen molar-refractivity contribution in [2.24, 2.45) is 0 Å². The van der Waals surface area contributed by atoms with Crippen molar-refractivity contribution < 1.29 is 14.7 Å². The molecule has 0 spiro atoms. The van der Waals surface area contributed by atoms with Crippen LogP contribution < -0.4 is 15.1 Å². The van der Waals surface area contributed by atoms with Crippen LogP contribution in [0.1, 0.15) is 40.3 Å². The van der Waals surface area contributed by atoms with Gasteiger partial charge in [0.1, 0.15) is 5.82 Å². The Bertz CT molecular complexity index is 1520. The Morgan fingerprint density at radius 2 is 2.02 bits per heavy atom. The quantitative estimate of drug-likeness (QED) is 0.446. The van der Waals surface area contributed by atoms with Crippen molar-refractivity contribution in [1.29, 1.82) is 0 Å². The topological polar surface area (TPSA) is 105 Å². The number of aliphatic hydroxyl groups is 1. The van der Waals surface area contributed by atoms with Gasteiger partial charge in [0.2, 0.25) is 11.9 Å². The molecule has 1 aromatic heterocycles. The summed E-state index contributed by atoms with van der Waals surface area (Å²) in [6, 6.07) is 11.8. The second-order valence-electron chi connectivity index (χ2n) is 10.9. The van der Waals surface area contributed by atoms with Crippen LogP contribution in [0.5, 0.6) is 0 Å². The van der Waals surface area contributed by atoms with Crippen LogP contribution in [0.2, 0.25) is 0 Å². The highest BCUT2D eigenvalue weighted by Gasteiger charge is 2.40. The van der Waals surface area contributed by atoms with Crippen LogP contribution in [0.25, 0.3) is 0 Å². The van der Waals surface area contributed by atoms with Crippen LogP contribution in [0.15, 0.2) is 55.3 Å². The number of aliphatic hydroxyl groups excluding tert-OH is 1. The number of carbonyl (C=O) groups is 2. The first kappa shape index (κ1) is 26.9. The number of hydrogen-bond donors (Lipinski definition) is 2. The van der Waals surface area contributed by atoms with Crippen molar-refractivity contribution in [3.63, 3.8) is 0 Å². The molecule has 3 amide bonds. The molecular formula is C31H35N7O3. The van der Waals surface area contributed by atoms with Gasteiger partial charge >= 0.3 is 6.03 Å². The Morgan fingerprint density at radius 1 is 1.17 bits per heavy atom. The minimum atomic E-state index is -0.243. The number of nitrogens with zero attached hydrogens (tertiary/aromatic N) is 6. The summed E-state index contributed by atoms with van der Waals surface area (Å²) >= 11 is 0. The molecule has 2 N–H and O–H groups in total. The minimum Gasteiger partial charge on any atom is -0.395 e. The molecule has 0 radical (unpaired) electrons. The van der Waals surface area contributed by atoms with E-state index in [-0.39, 0.29) is 31.1 Å². The number of aryl methyl sites for hydroxylation is 1. The highest BCUT2D eigenvalue weighted by molar-refractivity contribution is 6.03. The van der Waals surface area contributed by atoms with Gasteiger partial charge in [-0.2, -0.15) is 4.98 Å². The molecule has 212 valence electrons. The van der Waals surface area contributed by atoms with Crippen molar-refractivity contribution in [3.8, 4) is 0 Å². The third-order valence-electron chi connectivity index (χ3n) is 8.24. The molecule has 6 rings (SSSR count). The van der Waals surface area contributed by atoms with E-state index in [4.69, 9.17) is 4.98 Å². The van der Waals surface area contributed by atoms with Crippen molar-refractivity contribution >= 4 is 35.1 Å². The van der Waals surface area contributed by atoms with E-state index in [2.05, 4.69) is 41.0 Å². The summed E-state index contributed by atoms with van der Waals surface area (Å²) in [5.74, 6) is 0.745. The van der Waals surface area contributed by atoms with Crippen molar-refractivity contribution in [2.75, 3.05) is 48.4 Å². The number of β-amino-alcohol motifs (C(OH)–C–C–N with tert-alkyl or cyclic N) is 1. The zero-order valence-corrected chi connectivity index (χ0v) is 23.5. The van der Waals surface area contributed by atoms with E-state index in [1.165, 1.54) is 22.1 Å². The highest BCUT2D eigenvalue weighted by atomic mass is 16.3. The van der Waals surface area contributed by atoms with Gasteiger partial charge in [-0.3, -0.25) is 9.69 Å². The van der Waals surface area contributed by atoms with Crippen molar-refractivity contribution in [1.82, 2.24) is 19.8 Å². The van der Waals surface area contributed by atoms with E-state index < -0.39 is 0 Å². The molecule has 3 aromatic rings. The first-order valence-electron chi connectivity index (χ1n) is 14.0. The molecule has 3 aliphatic rings. The largest absolute Gasteiger partial charge is 0.395 e. The summed E-state index contributed by atoms with van der Waals surface area (Å²) in [5.41, 5.74) is 7.06. The zero-order valence-electron chi connectivity index (χ0n) is 23.5.